The molecule has 0 aliphatic carbocycles. The van der Waals surface area contributed by atoms with E-state index >= 15 is 0 Å². The summed E-state index contributed by atoms with van der Waals surface area (Å²) in [6.45, 7) is 2.90. The monoisotopic (exact) mass is 237 g/mol. The average molecular weight is 237 g/mol. The van der Waals surface area contributed by atoms with Crippen LogP contribution < -0.4 is 5.32 Å². The van der Waals surface area contributed by atoms with Crippen LogP contribution in [0.3, 0.4) is 0 Å². The van der Waals surface area contributed by atoms with Gasteiger partial charge in [0.2, 0.25) is 5.91 Å². The molecule has 0 radical (unpaired) electrons. The Bertz CT molecular complexity index is 442. The van der Waals surface area contributed by atoms with Crippen LogP contribution in [0.4, 0.5) is 5.69 Å². The molecule has 1 aromatic rings. The lowest BCUT2D eigenvalue weighted by atomic mass is 9.99. The molecule has 0 bridgehead atoms. The SMILES string of the molecule is CC(=O)Nc1c(O)cccc1CC(C)C(=O)O. The van der Waals surface area contributed by atoms with Crippen LogP contribution in [-0.2, 0) is 16.0 Å². The molecule has 5 heteroatoms. The molecule has 1 aromatic carbocycles. The van der Waals surface area contributed by atoms with Gasteiger partial charge in [0.15, 0.2) is 0 Å². The van der Waals surface area contributed by atoms with Crippen LogP contribution in [0, 0.1) is 5.92 Å². The lowest BCUT2D eigenvalue weighted by Gasteiger charge is -2.13. The van der Waals surface area contributed by atoms with Crippen LogP contribution in [0.25, 0.3) is 0 Å². The number of para-hydroxylation sites is 1. The van der Waals surface area contributed by atoms with E-state index in [4.69, 9.17) is 5.11 Å². The van der Waals surface area contributed by atoms with Crippen molar-refractivity contribution < 1.29 is 19.8 Å². The third-order valence-corrected chi connectivity index (χ3v) is 2.38. The first-order valence-electron chi connectivity index (χ1n) is 5.23. The number of benzene rings is 1. The second kappa shape index (κ2) is 5.34. The van der Waals surface area contributed by atoms with E-state index in [1.54, 1.807) is 19.1 Å². The molecule has 1 atom stereocenters. The van der Waals surface area contributed by atoms with Crippen LogP contribution in [-0.4, -0.2) is 22.1 Å². The lowest BCUT2D eigenvalue weighted by molar-refractivity contribution is -0.141. The highest BCUT2D eigenvalue weighted by Gasteiger charge is 2.16. The number of rotatable bonds is 4. The minimum atomic E-state index is -0.915. The molecule has 0 aromatic heterocycles. The molecule has 17 heavy (non-hydrogen) atoms. The Morgan fingerprint density at radius 1 is 1.41 bits per heavy atom. The highest BCUT2D eigenvalue weighted by Crippen LogP contribution is 2.29. The molecule has 0 fully saturated rings. The summed E-state index contributed by atoms with van der Waals surface area (Å²) in [5, 5.41) is 21.0. The first kappa shape index (κ1) is 13.0. The van der Waals surface area contributed by atoms with Gasteiger partial charge in [-0.15, -0.1) is 0 Å². The highest BCUT2D eigenvalue weighted by atomic mass is 16.4. The van der Waals surface area contributed by atoms with Gasteiger partial charge in [0, 0.05) is 6.92 Å². The number of carbonyl (C=O) groups is 2. The van der Waals surface area contributed by atoms with E-state index in [0.717, 1.165) is 0 Å². The standard InChI is InChI=1S/C12H15NO4/c1-7(12(16)17)6-9-4-3-5-10(15)11(9)13-8(2)14/h3-5,7,15H,6H2,1-2H3,(H,13,14)(H,16,17). The first-order valence-corrected chi connectivity index (χ1v) is 5.23. The molecule has 5 nitrogen and oxygen atoms in total. The molecular formula is C12H15NO4. The Morgan fingerprint density at radius 3 is 2.59 bits per heavy atom. The second-order valence-corrected chi connectivity index (χ2v) is 3.94. The average Bonchev–Trinajstić information content (AvgIpc) is 2.22. The van der Waals surface area contributed by atoms with E-state index in [-0.39, 0.29) is 23.8 Å². The molecule has 0 aliphatic rings. The highest BCUT2D eigenvalue weighted by molar-refractivity contribution is 5.91. The molecule has 92 valence electrons. The number of anilines is 1. The van der Waals surface area contributed by atoms with E-state index in [1.807, 2.05) is 0 Å². The lowest BCUT2D eigenvalue weighted by Crippen LogP contribution is -2.15. The van der Waals surface area contributed by atoms with Gasteiger partial charge in [0.05, 0.1) is 11.6 Å². The molecule has 1 unspecified atom stereocenters. The maximum Gasteiger partial charge on any atom is 0.306 e. The van der Waals surface area contributed by atoms with Gasteiger partial charge in [-0.1, -0.05) is 19.1 Å². The van der Waals surface area contributed by atoms with Gasteiger partial charge in [0.25, 0.3) is 0 Å². The Morgan fingerprint density at radius 2 is 2.06 bits per heavy atom. The zero-order chi connectivity index (χ0) is 13.0. The number of hydrogen-bond acceptors (Lipinski definition) is 3. The van der Waals surface area contributed by atoms with Crippen molar-refractivity contribution in [3.05, 3.63) is 23.8 Å². The third-order valence-electron chi connectivity index (χ3n) is 2.38. The van der Waals surface area contributed by atoms with Gasteiger partial charge in [-0.2, -0.15) is 0 Å². The summed E-state index contributed by atoms with van der Waals surface area (Å²) in [7, 11) is 0. The predicted octanol–water partition coefficient (Wildman–Crippen LogP) is 1.61. The summed E-state index contributed by atoms with van der Waals surface area (Å²) in [4.78, 5) is 21.8. The molecule has 0 spiro atoms. The Kier molecular flexibility index (Phi) is 4.09. The fraction of sp³-hybridized carbons (Fsp3) is 0.333. The zero-order valence-corrected chi connectivity index (χ0v) is 9.73. The minimum Gasteiger partial charge on any atom is -0.506 e. The van der Waals surface area contributed by atoms with Gasteiger partial charge in [0.1, 0.15) is 5.75 Å². The number of nitrogens with one attached hydrogen (secondary N) is 1. The number of phenolic OH excluding ortho intramolecular Hbond substituents is 1. The summed E-state index contributed by atoms with van der Waals surface area (Å²) < 4.78 is 0. The molecule has 0 heterocycles. The van der Waals surface area contributed by atoms with E-state index in [0.29, 0.717) is 5.56 Å². The maximum atomic E-state index is 11.0. The fourth-order valence-electron chi connectivity index (χ4n) is 1.49. The molecule has 1 amide bonds. The number of amides is 1. The smallest absolute Gasteiger partial charge is 0.306 e. The maximum absolute atomic E-state index is 11.0. The van der Waals surface area contributed by atoms with Crippen molar-refractivity contribution in [1.29, 1.82) is 0 Å². The third kappa shape index (κ3) is 3.48. The fourth-order valence-corrected chi connectivity index (χ4v) is 1.49. The molecule has 0 saturated heterocycles. The van der Waals surface area contributed by atoms with E-state index in [2.05, 4.69) is 5.32 Å². The first-order chi connectivity index (χ1) is 7.91. The summed E-state index contributed by atoms with van der Waals surface area (Å²) in [6, 6.07) is 4.75. The number of aliphatic carboxylic acids is 1. The molecular weight excluding hydrogens is 222 g/mol. The number of phenols is 1. The largest absolute Gasteiger partial charge is 0.506 e. The predicted molar refractivity (Wildman–Crippen MR) is 62.9 cm³/mol. The minimum absolute atomic E-state index is 0.0599. The molecule has 1 rings (SSSR count). The number of carboxylic acids is 1. The van der Waals surface area contributed by atoms with E-state index < -0.39 is 11.9 Å². The number of aromatic hydroxyl groups is 1. The Hall–Kier alpha value is -2.04. The summed E-state index contributed by atoms with van der Waals surface area (Å²) in [6.07, 6.45) is 0.249. The van der Waals surface area contributed by atoms with Gasteiger partial charge in [-0.3, -0.25) is 9.59 Å². The topological polar surface area (TPSA) is 86.6 Å². The summed E-state index contributed by atoms with van der Waals surface area (Å²) >= 11 is 0. The quantitative estimate of drug-likeness (QED) is 0.694. The number of carbonyl (C=O) groups excluding carboxylic acids is 1. The van der Waals surface area contributed by atoms with Crippen LogP contribution in [0.5, 0.6) is 5.75 Å². The summed E-state index contributed by atoms with van der Waals surface area (Å²) in [5.41, 5.74) is 0.892. The van der Waals surface area contributed by atoms with Crippen molar-refractivity contribution in [3.8, 4) is 5.75 Å². The van der Waals surface area contributed by atoms with Gasteiger partial charge >= 0.3 is 5.97 Å². The van der Waals surface area contributed by atoms with Crippen molar-refractivity contribution in [2.75, 3.05) is 5.32 Å². The van der Waals surface area contributed by atoms with Crippen molar-refractivity contribution in [3.63, 3.8) is 0 Å². The molecule has 0 aliphatic heterocycles. The van der Waals surface area contributed by atoms with Crippen molar-refractivity contribution in [1.82, 2.24) is 0 Å². The second-order valence-electron chi connectivity index (χ2n) is 3.94. The van der Waals surface area contributed by atoms with Gasteiger partial charge < -0.3 is 15.5 Å². The van der Waals surface area contributed by atoms with Crippen molar-refractivity contribution >= 4 is 17.6 Å². The van der Waals surface area contributed by atoms with Gasteiger partial charge in [-0.05, 0) is 18.1 Å². The van der Waals surface area contributed by atoms with Gasteiger partial charge in [-0.25, -0.2) is 0 Å². The van der Waals surface area contributed by atoms with E-state index in [1.165, 1.54) is 13.0 Å². The number of hydrogen-bond donors (Lipinski definition) is 3. The Labute approximate surface area is 99.1 Å². The number of carboxylic acid groups (broad SMARTS) is 1. The van der Waals surface area contributed by atoms with Crippen molar-refractivity contribution in [2.24, 2.45) is 5.92 Å². The van der Waals surface area contributed by atoms with E-state index in [9.17, 15) is 14.7 Å². The van der Waals surface area contributed by atoms with Crippen molar-refractivity contribution in [2.45, 2.75) is 20.3 Å². The van der Waals surface area contributed by atoms with Crippen LogP contribution in [0.15, 0.2) is 18.2 Å². The molecule has 3 N–H and O–H groups in total. The van der Waals surface area contributed by atoms with Crippen LogP contribution in [0.1, 0.15) is 19.4 Å². The van der Waals surface area contributed by atoms with Crippen LogP contribution in [0.2, 0.25) is 0 Å². The summed E-state index contributed by atoms with van der Waals surface area (Å²) in [5.74, 6) is -1.86. The Balaban J connectivity index is 3.02. The zero-order valence-electron chi connectivity index (χ0n) is 9.73. The van der Waals surface area contributed by atoms with Crippen LogP contribution >= 0.6 is 0 Å². The normalized spacial score (nSPS) is 11.9. The molecule has 0 saturated carbocycles.